The van der Waals surface area contributed by atoms with Crippen molar-refractivity contribution < 1.29 is 0 Å². The molecule has 0 unspecified atom stereocenters. The second-order valence-corrected chi connectivity index (χ2v) is 5.25. The van der Waals surface area contributed by atoms with Gasteiger partial charge in [-0.1, -0.05) is 29.8 Å². The van der Waals surface area contributed by atoms with Crippen LogP contribution in [0.4, 0.5) is 11.5 Å². The average Bonchev–Trinajstić information content (AvgIpc) is 2.90. The molecule has 3 nitrogen and oxygen atoms in total. The van der Waals surface area contributed by atoms with Gasteiger partial charge in [-0.3, -0.25) is 0 Å². The normalized spacial score (nSPS) is 13.8. The molecule has 0 spiro atoms. The van der Waals surface area contributed by atoms with E-state index in [9.17, 15) is 0 Å². The Morgan fingerprint density at radius 1 is 1.05 bits per heavy atom. The molecule has 0 fully saturated rings. The van der Waals surface area contributed by atoms with Gasteiger partial charge in [-0.05, 0) is 37.1 Å². The van der Waals surface area contributed by atoms with E-state index in [1.807, 2.05) is 0 Å². The van der Waals surface area contributed by atoms with Crippen LogP contribution in [-0.2, 0) is 6.42 Å². The zero-order valence-corrected chi connectivity index (χ0v) is 11.4. The molecular formula is C17H15N3. The first-order chi connectivity index (χ1) is 9.83. The van der Waals surface area contributed by atoms with Crippen molar-refractivity contribution in [3.8, 4) is 0 Å². The van der Waals surface area contributed by atoms with Crippen LogP contribution in [0.5, 0.6) is 0 Å². The van der Waals surface area contributed by atoms with Crippen molar-refractivity contribution >= 4 is 22.4 Å². The predicted octanol–water partition coefficient (Wildman–Crippen LogP) is 3.63. The van der Waals surface area contributed by atoms with Crippen LogP contribution in [0.2, 0.25) is 0 Å². The average molecular weight is 261 g/mol. The highest BCUT2D eigenvalue weighted by molar-refractivity contribution is 5.92. The summed E-state index contributed by atoms with van der Waals surface area (Å²) < 4.78 is 0. The largest absolute Gasteiger partial charge is 0.325 e. The number of benzene rings is 2. The summed E-state index contributed by atoms with van der Waals surface area (Å²) in [4.78, 5) is 11.2. The Morgan fingerprint density at radius 3 is 2.90 bits per heavy atom. The first kappa shape index (κ1) is 11.4. The van der Waals surface area contributed by atoms with Gasteiger partial charge in [0.05, 0.1) is 5.52 Å². The van der Waals surface area contributed by atoms with Crippen LogP contribution in [-0.4, -0.2) is 16.5 Å². The summed E-state index contributed by atoms with van der Waals surface area (Å²) in [6, 6.07) is 14.9. The summed E-state index contributed by atoms with van der Waals surface area (Å²) in [7, 11) is 0. The van der Waals surface area contributed by atoms with E-state index in [0.717, 1.165) is 29.7 Å². The van der Waals surface area contributed by atoms with Gasteiger partial charge in [0.2, 0.25) is 0 Å². The molecule has 3 heteroatoms. The van der Waals surface area contributed by atoms with Crippen molar-refractivity contribution in [2.45, 2.75) is 13.3 Å². The first-order valence-corrected chi connectivity index (χ1v) is 6.90. The van der Waals surface area contributed by atoms with E-state index in [-0.39, 0.29) is 0 Å². The molecule has 4 rings (SSSR count). The molecule has 3 aromatic rings. The maximum Gasteiger partial charge on any atom is 0.144 e. The highest BCUT2D eigenvalue weighted by Crippen LogP contribution is 2.36. The Morgan fingerprint density at radius 2 is 1.95 bits per heavy atom. The number of para-hydroxylation sites is 1. The Hall–Kier alpha value is -2.42. The zero-order chi connectivity index (χ0) is 13.5. The Balaban J connectivity index is 1.94. The molecule has 2 aromatic carbocycles. The maximum atomic E-state index is 4.54. The van der Waals surface area contributed by atoms with Gasteiger partial charge in [-0.25, -0.2) is 9.97 Å². The molecule has 0 atom stereocenters. The minimum atomic E-state index is 0.986. The summed E-state index contributed by atoms with van der Waals surface area (Å²) in [6.45, 7) is 3.09. The lowest BCUT2D eigenvalue weighted by Gasteiger charge is -2.19. The van der Waals surface area contributed by atoms with Crippen LogP contribution in [0, 0.1) is 6.92 Å². The number of rotatable bonds is 1. The molecule has 0 aliphatic carbocycles. The predicted molar refractivity (Wildman–Crippen MR) is 81.4 cm³/mol. The fourth-order valence-electron chi connectivity index (χ4n) is 2.93. The highest BCUT2D eigenvalue weighted by atomic mass is 15.2. The molecule has 0 amide bonds. The van der Waals surface area contributed by atoms with Gasteiger partial charge in [-0.2, -0.15) is 0 Å². The van der Waals surface area contributed by atoms with Crippen molar-refractivity contribution in [1.29, 1.82) is 0 Å². The van der Waals surface area contributed by atoms with E-state index >= 15 is 0 Å². The number of hydrogen-bond donors (Lipinski definition) is 0. The van der Waals surface area contributed by atoms with Crippen LogP contribution in [0.25, 0.3) is 10.9 Å². The molecule has 1 aromatic heterocycles. The number of hydrogen-bond acceptors (Lipinski definition) is 3. The monoisotopic (exact) mass is 261 g/mol. The van der Waals surface area contributed by atoms with Gasteiger partial charge >= 0.3 is 0 Å². The van der Waals surface area contributed by atoms with E-state index in [4.69, 9.17) is 0 Å². The smallest absolute Gasteiger partial charge is 0.144 e. The number of anilines is 2. The molecular weight excluding hydrogens is 246 g/mol. The standard InChI is InChI=1S/C17H15N3/c1-12-6-7-15-14(10-12)17(19-11-18-15)20-9-8-13-4-2-3-5-16(13)20/h2-7,10-11H,8-9H2,1H3. The topological polar surface area (TPSA) is 29.0 Å². The van der Waals surface area contributed by atoms with Crippen LogP contribution < -0.4 is 4.90 Å². The van der Waals surface area contributed by atoms with Crippen LogP contribution in [0.1, 0.15) is 11.1 Å². The van der Waals surface area contributed by atoms with Crippen molar-refractivity contribution in [3.05, 3.63) is 59.9 Å². The molecule has 0 radical (unpaired) electrons. The van der Waals surface area contributed by atoms with Crippen molar-refractivity contribution in [3.63, 3.8) is 0 Å². The number of aromatic nitrogens is 2. The number of fused-ring (bicyclic) bond motifs is 2. The third kappa shape index (κ3) is 1.67. The molecule has 0 bridgehead atoms. The second-order valence-electron chi connectivity index (χ2n) is 5.25. The highest BCUT2D eigenvalue weighted by Gasteiger charge is 2.22. The minimum absolute atomic E-state index is 0.986. The number of aryl methyl sites for hydroxylation is 1. The zero-order valence-electron chi connectivity index (χ0n) is 11.4. The molecule has 0 N–H and O–H groups in total. The summed E-state index contributed by atoms with van der Waals surface area (Å²) in [5.41, 5.74) is 4.91. The van der Waals surface area contributed by atoms with Crippen molar-refractivity contribution in [2.75, 3.05) is 11.4 Å². The van der Waals surface area contributed by atoms with Crippen LogP contribution in [0.15, 0.2) is 48.8 Å². The summed E-state index contributed by atoms with van der Waals surface area (Å²) in [5, 5.41) is 1.13. The molecule has 1 aliphatic rings. The van der Waals surface area contributed by atoms with E-state index in [0.29, 0.717) is 0 Å². The van der Waals surface area contributed by atoms with Gasteiger partial charge in [0.25, 0.3) is 0 Å². The van der Waals surface area contributed by atoms with Gasteiger partial charge in [-0.15, -0.1) is 0 Å². The fraction of sp³-hybridized carbons (Fsp3) is 0.176. The Bertz CT molecular complexity index is 795. The quantitative estimate of drug-likeness (QED) is 0.669. The van der Waals surface area contributed by atoms with Crippen LogP contribution in [0.3, 0.4) is 0 Å². The molecule has 0 saturated heterocycles. The van der Waals surface area contributed by atoms with E-state index in [2.05, 4.69) is 64.3 Å². The minimum Gasteiger partial charge on any atom is -0.325 e. The summed E-state index contributed by atoms with van der Waals surface area (Å²) in [6.07, 6.45) is 2.74. The molecule has 2 heterocycles. The lowest BCUT2D eigenvalue weighted by molar-refractivity contribution is 0.974. The Labute approximate surface area is 117 Å². The molecule has 20 heavy (non-hydrogen) atoms. The molecule has 1 aliphatic heterocycles. The second kappa shape index (κ2) is 4.30. The van der Waals surface area contributed by atoms with Gasteiger partial charge in [0, 0.05) is 17.6 Å². The van der Waals surface area contributed by atoms with Crippen molar-refractivity contribution in [1.82, 2.24) is 9.97 Å². The fourth-order valence-corrected chi connectivity index (χ4v) is 2.93. The first-order valence-electron chi connectivity index (χ1n) is 6.90. The lowest BCUT2D eigenvalue weighted by Crippen LogP contribution is -2.15. The summed E-state index contributed by atoms with van der Waals surface area (Å²) >= 11 is 0. The molecule has 0 saturated carbocycles. The van der Waals surface area contributed by atoms with Crippen molar-refractivity contribution in [2.24, 2.45) is 0 Å². The van der Waals surface area contributed by atoms with Gasteiger partial charge < -0.3 is 4.90 Å². The Kier molecular flexibility index (Phi) is 2.46. The lowest BCUT2D eigenvalue weighted by atomic mass is 10.1. The van der Waals surface area contributed by atoms with Gasteiger partial charge in [0.15, 0.2) is 0 Å². The number of nitrogens with zero attached hydrogens (tertiary/aromatic N) is 3. The molecule has 98 valence electrons. The van der Waals surface area contributed by atoms with Gasteiger partial charge in [0.1, 0.15) is 12.1 Å². The maximum absolute atomic E-state index is 4.54. The van der Waals surface area contributed by atoms with Crippen LogP contribution >= 0.6 is 0 Å². The van der Waals surface area contributed by atoms with E-state index in [1.54, 1.807) is 6.33 Å². The SMILES string of the molecule is Cc1ccc2ncnc(N3CCc4ccccc43)c2c1. The van der Waals surface area contributed by atoms with E-state index < -0.39 is 0 Å². The summed E-state index contributed by atoms with van der Waals surface area (Å²) in [5.74, 6) is 1.02. The van der Waals surface area contributed by atoms with E-state index in [1.165, 1.54) is 16.8 Å². The third-order valence-electron chi connectivity index (χ3n) is 3.91. The third-order valence-corrected chi connectivity index (χ3v) is 3.91.